The standard InChI is InChI=1S/C16H23NO4/c18-14(9-17-6-2-1-3-7-17)11-19-10-13-4-5-15-16(8-13)21-12-20-15/h4-5,8,14,18H,1-3,6-7,9-12H2/p+1/t14-/m1/s1. The predicted octanol–water partition coefficient (Wildman–Crippen LogP) is 0.362. The molecule has 2 N–H and O–H groups in total. The topological polar surface area (TPSA) is 52.4 Å². The fraction of sp³-hybridized carbons (Fsp3) is 0.625. The quantitative estimate of drug-likeness (QED) is 0.795. The molecule has 0 spiro atoms. The van der Waals surface area contributed by atoms with Crippen LogP contribution in [-0.2, 0) is 11.3 Å². The smallest absolute Gasteiger partial charge is 0.231 e. The highest BCUT2D eigenvalue weighted by molar-refractivity contribution is 5.44. The van der Waals surface area contributed by atoms with E-state index >= 15 is 0 Å². The Labute approximate surface area is 125 Å². The van der Waals surface area contributed by atoms with Gasteiger partial charge < -0.3 is 24.2 Å². The minimum Gasteiger partial charge on any atom is -0.454 e. The summed E-state index contributed by atoms with van der Waals surface area (Å²) in [5.74, 6) is 1.56. The van der Waals surface area contributed by atoms with Crippen LogP contribution < -0.4 is 14.4 Å². The average Bonchev–Trinajstić information content (AvgIpc) is 2.96. The Hall–Kier alpha value is -1.30. The predicted molar refractivity (Wildman–Crippen MR) is 77.6 cm³/mol. The highest BCUT2D eigenvalue weighted by Gasteiger charge is 2.18. The van der Waals surface area contributed by atoms with Crippen LogP contribution in [0.4, 0.5) is 0 Å². The van der Waals surface area contributed by atoms with E-state index in [2.05, 4.69) is 0 Å². The molecule has 2 aliphatic heterocycles. The molecule has 0 radical (unpaired) electrons. The van der Waals surface area contributed by atoms with Gasteiger partial charge in [-0.2, -0.15) is 0 Å². The van der Waals surface area contributed by atoms with Crippen LogP contribution in [0.25, 0.3) is 0 Å². The van der Waals surface area contributed by atoms with Gasteiger partial charge >= 0.3 is 0 Å². The Bertz CT molecular complexity index is 460. The fourth-order valence-electron chi connectivity index (χ4n) is 2.99. The molecule has 1 aromatic rings. The number of hydrogen-bond acceptors (Lipinski definition) is 4. The molecule has 1 saturated heterocycles. The molecule has 0 bridgehead atoms. The van der Waals surface area contributed by atoms with E-state index in [9.17, 15) is 5.11 Å². The lowest BCUT2D eigenvalue weighted by Crippen LogP contribution is -3.14. The maximum absolute atomic E-state index is 10.0. The van der Waals surface area contributed by atoms with Gasteiger partial charge in [0, 0.05) is 0 Å². The number of hydrogen-bond donors (Lipinski definition) is 2. The van der Waals surface area contributed by atoms with Crippen molar-refractivity contribution in [2.45, 2.75) is 32.0 Å². The first kappa shape index (κ1) is 14.6. The number of nitrogens with one attached hydrogen (secondary N) is 1. The SMILES string of the molecule is O[C@@H](COCc1ccc2c(c1)OCO2)C[NH+]1CCCCC1. The zero-order valence-electron chi connectivity index (χ0n) is 12.3. The summed E-state index contributed by atoms with van der Waals surface area (Å²) in [5, 5.41) is 10.0. The number of benzene rings is 1. The van der Waals surface area contributed by atoms with Crippen molar-refractivity contribution in [1.82, 2.24) is 0 Å². The van der Waals surface area contributed by atoms with Crippen LogP contribution in [0.2, 0.25) is 0 Å². The molecule has 0 aromatic heterocycles. The third kappa shape index (κ3) is 4.09. The zero-order chi connectivity index (χ0) is 14.5. The van der Waals surface area contributed by atoms with Crippen molar-refractivity contribution >= 4 is 0 Å². The molecule has 5 nitrogen and oxygen atoms in total. The van der Waals surface area contributed by atoms with Gasteiger partial charge in [0.25, 0.3) is 0 Å². The molecule has 0 saturated carbocycles. The molecular formula is C16H24NO4+. The van der Waals surface area contributed by atoms with E-state index in [1.54, 1.807) is 0 Å². The number of quaternary nitrogens is 1. The summed E-state index contributed by atoms with van der Waals surface area (Å²) >= 11 is 0. The number of aliphatic hydroxyl groups excluding tert-OH is 1. The van der Waals surface area contributed by atoms with E-state index in [4.69, 9.17) is 14.2 Å². The molecule has 5 heteroatoms. The third-order valence-electron chi connectivity index (χ3n) is 4.10. The first-order chi connectivity index (χ1) is 10.3. The first-order valence-corrected chi connectivity index (χ1v) is 7.79. The lowest BCUT2D eigenvalue weighted by molar-refractivity contribution is -0.908. The van der Waals surface area contributed by atoms with Gasteiger partial charge in [0.05, 0.1) is 26.3 Å². The summed E-state index contributed by atoms with van der Waals surface area (Å²) in [6.45, 7) is 4.32. The van der Waals surface area contributed by atoms with Gasteiger partial charge in [-0.25, -0.2) is 0 Å². The number of rotatable bonds is 6. The molecule has 0 amide bonds. The van der Waals surface area contributed by atoms with Gasteiger partial charge in [0.15, 0.2) is 11.5 Å². The molecule has 2 aliphatic rings. The summed E-state index contributed by atoms with van der Waals surface area (Å²) < 4.78 is 16.2. The van der Waals surface area contributed by atoms with Gasteiger partial charge in [0.2, 0.25) is 6.79 Å². The summed E-state index contributed by atoms with van der Waals surface area (Å²) in [6, 6.07) is 5.80. The van der Waals surface area contributed by atoms with Gasteiger partial charge in [-0.1, -0.05) is 6.07 Å². The zero-order valence-corrected chi connectivity index (χ0v) is 12.3. The number of ether oxygens (including phenoxy) is 3. The van der Waals surface area contributed by atoms with E-state index in [-0.39, 0.29) is 12.9 Å². The molecule has 1 aromatic carbocycles. The molecule has 0 aliphatic carbocycles. The van der Waals surface area contributed by atoms with Crippen LogP contribution in [0.1, 0.15) is 24.8 Å². The highest BCUT2D eigenvalue weighted by atomic mass is 16.7. The van der Waals surface area contributed by atoms with Crippen molar-refractivity contribution < 1.29 is 24.2 Å². The Morgan fingerprint density at radius 2 is 1.95 bits per heavy atom. The van der Waals surface area contributed by atoms with Gasteiger partial charge in [-0.05, 0) is 37.0 Å². The second kappa shape index (κ2) is 7.11. The van der Waals surface area contributed by atoms with Gasteiger partial charge in [-0.15, -0.1) is 0 Å². The number of piperidine rings is 1. The van der Waals surface area contributed by atoms with E-state index in [0.29, 0.717) is 13.2 Å². The molecule has 1 atom stereocenters. The second-order valence-corrected chi connectivity index (χ2v) is 5.87. The van der Waals surface area contributed by atoms with Crippen molar-refractivity contribution in [1.29, 1.82) is 0 Å². The monoisotopic (exact) mass is 294 g/mol. The minimum absolute atomic E-state index is 0.289. The second-order valence-electron chi connectivity index (χ2n) is 5.87. The van der Waals surface area contributed by atoms with Crippen molar-refractivity contribution in [3.63, 3.8) is 0 Å². The number of aliphatic hydroxyl groups is 1. The molecule has 3 rings (SSSR count). The van der Waals surface area contributed by atoms with Crippen molar-refractivity contribution in [2.75, 3.05) is 33.0 Å². The summed E-state index contributed by atoms with van der Waals surface area (Å²) in [5.41, 5.74) is 1.04. The average molecular weight is 294 g/mol. The Balaban J connectivity index is 1.39. The maximum atomic E-state index is 10.0. The van der Waals surface area contributed by atoms with E-state index in [1.807, 2.05) is 18.2 Å². The van der Waals surface area contributed by atoms with Crippen molar-refractivity contribution in [3.05, 3.63) is 23.8 Å². The van der Waals surface area contributed by atoms with E-state index in [0.717, 1.165) is 23.6 Å². The van der Waals surface area contributed by atoms with Gasteiger partial charge in [-0.3, -0.25) is 0 Å². The van der Waals surface area contributed by atoms with Gasteiger partial charge in [0.1, 0.15) is 12.6 Å². The molecule has 1 fully saturated rings. The lowest BCUT2D eigenvalue weighted by Gasteiger charge is -2.25. The van der Waals surface area contributed by atoms with E-state index < -0.39 is 0 Å². The normalized spacial score (nSPS) is 19.7. The lowest BCUT2D eigenvalue weighted by atomic mass is 10.1. The molecule has 2 heterocycles. The van der Waals surface area contributed by atoms with E-state index in [1.165, 1.54) is 37.3 Å². The highest BCUT2D eigenvalue weighted by Crippen LogP contribution is 2.32. The van der Waals surface area contributed by atoms with Crippen LogP contribution in [0.15, 0.2) is 18.2 Å². The first-order valence-electron chi connectivity index (χ1n) is 7.79. The summed E-state index contributed by atoms with van der Waals surface area (Å²) in [6.07, 6.45) is 3.51. The molecule has 21 heavy (non-hydrogen) atoms. The Morgan fingerprint density at radius 3 is 2.81 bits per heavy atom. The Kier molecular flexibility index (Phi) is 4.95. The summed E-state index contributed by atoms with van der Waals surface area (Å²) in [4.78, 5) is 1.50. The molecule has 0 unspecified atom stereocenters. The largest absolute Gasteiger partial charge is 0.454 e. The van der Waals surface area contributed by atoms with Crippen LogP contribution in [0, 0.1) is 0 Å². The number of likely N-dealkylation sites (tertiary alicyclic amines) is 1. The number of fused-ring (bicyclic) bond motifs is 1. The van der Waals surface area contributed by atoms with Crippen LogP contribution >= 0.6 is 0 Å². The minimum atomic E-state index is -0.382. The third-order valence-corrected chi connectivity index (χ3v) is 4.10. The fourth-order valence-corrected chi connectivity index (χ4v) is 2.99. The molecular weight excluding hydrogens is 270 g/mol. The van der Waals surface area contributed by atoms with Crippen LogP contribution in [0.3, 0.4) is 0 Å². The van der Waals surface area contributed by atoms with Crippen molar-refractivity contribution in [2.24, 2.45) is 0 Å². The van der Waals surface area contributed by atoms with Crippen LogP contribution in [-0.4, -0.2) is 44.2 Å². The Morgan fingerprint density at radius 1 is 1.14 bits per heavy atom. The summed E-state index contributed by atoms with van der Waals surface area (Å²) in [7, 11) is 0. The molecule has 116 valence electrons. The van der Waals surface area contributed by atoms with Crippen molar-refractivity contribution in [3.8, 4) is 11.5 Å². The maximum Gasteiger partial charge on any atom is 0.231 e. The van der Waals surface area contributed by atoms with Crippen LogP contribution in [0.5, 0.6) is 11.5 Å².